The number of aromatic nitrogens is 5. The third-order valence-corrected chi connectivity index (χ3v) is 9.35. The van der Waals surface area contributed by atoms with Gasteiger partial charge in [-0.3, -0.25) is 13.7 Å². The Bertz CT molecular complexity index is 2430. The van der Waals surface area contributed by atoms with Crippen molar-refractivity contribution >= 4 is 60.6 Å². The van der Waals surface area contributed by atoms with Crippen LogP contribution in [0.5, 0.6) is 0 Å². The lowest BCUT2D eigenvalue weighted by atomic mass is 10.0. The minimum absolute atomic E-state index is 0.680. The first-order valence-corrected chi connectivity index (χ1v) is 15.5. The number of hydrogen-bond acceptors (Lipinski definition) is 2. The van der Waals surface area contributed by atoms with E-state index in [1.54, 1.807) is 0 Å². The molecule has 5 aromatic carbocycles. The first-order valence-electron chi connectivity index (χ1n) is 15.5. The van der Waals surface area contributed by atoms with E-state index in [1.807, 2.05) is 0 Å². The highest BCUT2D eigenvalue weighted by Gasteiger charge is 2.23. The van der Waals surface area contributed by atoms with Gasteiger partial charge in [0.15, 0.2) is 0 Å². The van der Waals surface area contributed by atoms with Crippen molar-refractivity contribution in [3.8, 4) is 17.6 Å². The molecule has 0 saturated carbocycles. The highest BCUT2D eigenvalue weighted by Crippen LogP contribution is 2.37. The summed E-state index contributed by atoms with van der Waals surface area (Å²) in [7, 11) is 0. The van der Waals surface area contributed by atoms with Gasteiger partial charge in [-0.1, -0.05) is 103 Å². The maximum atomic E-state index is 5.42. The molecule has 4 heterocycles. The Kier molecular flexibility index (Phi) is 5.05. The van der Waals surface area contributed by atoms with Gasteiger partial charge in [0, 0.05) is 44.3 Å². The lowest BCUT2D eigenvalue weighted by Crippen LogP contribution is -2.12. The van der Waals surface area contributed by atoms with Crippen LogP contribution >= 0.6 is 0 Å². The van der Waals surface area contributed by atoms with Gasteiger partial charge in [0.05, 0.1) is 27.6 Å². The first kappa shape index (κ1) is 24.5. The molecular weight excluding hydrogens is 550 g/mol. The van der Waals surface area contributed by atoms with Crippen LogP contribution < -0.4 is 0 Å². The average Bonchev–Trinajstić information content (AvgIpc) is 3.74. The Morgan fingerprint density at radius 3 is 1.31 bits per heavy atom. The fourth-order valence-electron chi connectivity index (χ4n) is 7.48. The highest BCUT2D eigenvalue weighted by molar-refractivity contribution is 6.10. The van der Waals surface area contributed by atoms with Gasteiger partial charge in [-0.15, -0.1) is 0 Å². The molecule has 0 amide bonds. The minimum Gasteiger partial charge on any atom is -0.294 e. The molecule has 0 atom stereocenters. The van der Waals surface area contributed by atoms with Crippen LogP contribution in [0.4, 0.5) is 0 Å². The molecule has 1 aliphatic rings. The molecule has 0 aliphatic heterocycles. The van der Waals surface area contributed by atoms with Crippen LogP contribution in [0.25, 0.3) is 78.2 Å². The zero-order valence-electron chi connectivity index (χ0n) is 24.4. The predicted octanol–water partition coefficient (Wildman–Crippen LogP) is 9.57. The smallest absolute Gasteiger partial charge is 0.238 e. The summed E-state index contributed by atoms with van der Waals surface area (Å²) in [4.78, 5) is 10.8. The van der Waals surface area contributed by atoms with Gasteiger partial charge >= 0.3 is 0 Å². The number of allylic oxidation sites excluding steroid dienone is 1. The molecule has 212 valence electrons. The molecule has 0 saturated heterocycles. The van der Waals surface area contributed by atoms with Crippen molar-refractivity contribution in [2.75, 3.05) is 0 Å². The predicted molar refractivity (Wildman–Crippen MR) is 185 cm³/mol. The van der Waals surface area contributed by atoms with Gasteiger partial charge in [-0.25, -0.2) is 0 Å². The molecule has 5 heteroatoms. The largest absolute Gasteiger partial charge is 0.294 e. The van der Waals surface area contributed by atoms with Crippen molar-refractivity contribution < 1.29 is 0 Å². The number of rotatable bonds is 3. The molecule has 9 aromatic rings. The Morgan fingerprint density at radius 2 is 0.844 bits per heavy atom. The van der Waals surface area contributed by atoms with E-state index in [4.69, 9.17) is 9.97 Å². The number of hydrogen-bond donors (Lipinski definition) is 0. The maximum absolute atomic E-state index is 5.42. The second kappa shape index (κ2) is 9.28. The molecule has 0 fully saturated rings. The van der Waals surface area contributed by atoms with Gasteiger partial charge in [0.2, 0.25) is 5.95 Å². The van der Waals surface area contributed by atoms with E-state index < -0.39 is 0 Å². The summed E-state index contributed by atoms with van der Waals surface area (Å²) >= 11 is 0. The third-order valence-electron chi connectivity index (χ3n) is 9.35. The molecule has 45 heavy (non-hydrogen) atoms. The lowest BCUT2D eigenvalue weighted by Gasteiger charge is -2.16. The van der Waals surface area contributed by atoms with Crippen LogP contribution in [0.3, 0.4) is 0 Å². The third kappa shape index (κ3) is 3.43. The number of para-hydroxylation sites is 5. The van der Waals surface area contributed by atoms with Gasteiger partial charge in [-0.05, 0) is 43.2 Å². The molecule has 0 radical (unpaired) electrons. The zero-order valence-corrected chi connectivity index (χ0v) is 24.4. The van der Waals surface area contributed by atoms with Crippen molar-refractivity contribution in [1.29, 1.82) is 0 Å². The van der Waals surface area contributed by atoms with Gasteiger partial charge < -0.3 is 0 Å². The first-order chi connectivity index (χ1) is 22.3. The van der Waals surface area contributed by atoms with Crippen LogP contribution in [0.1, 0.15) is 17.7 Å². The second-order valence-electron chi connectivity index (χ2n) is 11.8. The second-order valence-corrected chi connectivity index (χ2v) is 11.8. The molecule has 0 N–H and O–H groups in total. The fourth-order valence-corrected chi connectivity index (χ4v) is 7.48. The Morgan fingerprint density at radius 1 is 0.444 bits per heavy atom. The molecule has 4 aromatic heterocycles. The minimum atomic E-state index is 0.680. The van der Waals surface area contributed by atoms with Crippen LogP contribution in [0.2, 0.25) is 0 Å². The van der Waals surface area contributed by atoms with E-state index in [0.717, 1.165) is 52.1 Å². The molecule has 1 aliphatic carbocycles. The Hall–Kier alpha value is -5.94. The molecule has 5 nitrogen and oxygen atoms in total. The molecule has 0 spiro atoms. The summed E-state index contributed by atoms with van der Waals surface area (Å²) in [5, 5.41) is 6.06. The standard InChI is InChI=1S/C40H27N5/c1-7-19-32-26(13-1)27-14-2-8-20-33(27)43(32)38-25-39(44-34-21-9-3-15-28(34)29-16-4-10-22-35(29)44)42-40(41-38)45-36-23-11-5-17-30(36)31-18-6-12-24-37(31)45/h1-11,13-23,25H,12,24H2. The molecule has 0 bridgehead atoms. The summed E-state index contributed by atoms with van der Waals surface area (Å²) < 4.78 is 6.89. The Balaban J connectivity index is 1.37. The van der Waals surface area contributed by atoms with Crippen molar-refractivity contribution in [2.24, 2.45) is 0 Å². The van der Waals surface area contributed by atoms with Crippen molar-refractivity contribution in [3.63, 3.8) is 0 Å². The van der Waals surface area contributed by atoms with E-state index in [-0.39, 0.29) is 0 Å². The molecule has 10 rings (SSSR count). The van der Waals surface area contributed by atoms with Crippen LogP contribution in [-0.4, -0.2) is 23.7 Å². The average molecular weight is 578 g/mol. The summed E-state index contributed by atoms with van der Waals surface area (Å²) in [6, 6.07) is 45.2. The van der Waals surface area contributed by atoms with E-state index >= 15 is 0 Å². The summed E-state index contributed by atoms with van der Waals surface area (Å²) in [6.07, 6.45) is 6.48. The van der Waals surface area contributed by atoms with E-state index in [2.05, 4.69) is 153 Å². The highest BCUT2D eigenvalue weighted by atomic mass is 15.2. The maximum Gasteiger partial charge on any atom is 0.238 e. The molecular formula is C40H27N5. The summed E-state index contributed by atoms with van der Waals surface area (Å²) in [5.41, 5.74) is 8.14. The number of nitrogens with zero attached hydrogens (tertiary/aromatic N) is 5. The number of fused-ring (bicyclic) bond motifs is 9. The van der Waals surface area contributed by atoms with Crippen LogP contribution in [0, 0.1) is 0 Å². The van der Waals surface area contributed by atoms with E-state index in [9.17, 15) is 0 Å². The monoisotopic (exact) mass is 577 g/mol. The van der Waals surface area contributed by atoms with E-state index in [0.29, 0.717) is 5.95 Å². The normalized spacial score (nSPS) is 13.1. The lowest BCUT2D eigenvalue weighted by molar-refractivity contribution is 0.830. The van der Waals surface area contributed by atoms with Gasteiger partial charge in [0.1, 0.15) is 11.6 Å². The van der Waals surface area contributed by atoms with Crippen molar-refractivity contribution in [3.05, 3.63) is 145 Å². The topological polar surface area (TPSA) is 40.6 Å². The summed E-state index contributed by atoms with van der Waals surface area (Å²) in [6.45, 7) is 0. The van der Waals surface area contributed by atoms with Crippen LogP contribution in [0.15, 0.2) is 133 Å². The van der Waals surface area contributed by atoms with Gasteiger partial charge in [0.25, 0.3) is 0 Å². The van der Waals surface area contributed by atoms with Crippen LogP contribution in [-0.2, 0) is 6.42 Å². The van der Waals surface area contributed by atoms with Gasteiger partial charge in [-0.2, -0.15) is 9.97 Å². The molecule has 0 unspecified atom stereocenters. The SMILES string of the molecule is C1=Cc2c(n(-c3nc(-n4c5ccccc5c5ccccc54)cc(-n4c5ccccc5c5ccccc54)n3)c3ccccc23)CC1. The zero-order chi connectivity index (χ0) is 29.5. The quantitative estimate of drug-likeness (QED) is 0.210. The van der Waals surface area contributed by atoms with E-state index in [1.165, 1.54) is 38.2 Å². The Labute approximate surface area is 258 Å². The summed E-state index contributed by atoms with van der Waals surface area (Å²) in [5.74, 6) is 2.36. The van der Waals surface area contributed by atoms with Crippen molar-refractivity contribution in [2.45, 2.75) is 12.8 Å². The van der Waals surface area contributed by atoms with Crippen molar-refractivity contribution in [1.82, 2.24) is 23.7 Å². The number of benzene rings is 5. The fraction of sp³-hybridized carbons (Fsp3) is 0.0500.